The number of aromatic nitrogens is 1. The van der Waals surface area contributed by atoms with Crippen molar-refractivity contribution in [2.24, 2.45) is 5.14 Å². The molecule has 1 heterocycles. The lowest BCUT2D eigenvalue weighted by Gasteiger charge is -2.18. The zero-order valence-corrected chi connectivity index (χ0v) is 19.7. The van der Waals surface area contributed by atoms with Crippen LogP contribution in [0.2, 0.25) is 5.02 Å². The van der Waals surface area contributed by atoms with Crippen LogP contribution in [0.3, 0.4) is 0 Å². The molecule has 2 aromatic rings. The number of primary sulfonamides is 1. The molecule has 8 nitrogen and oxygen atoms in total. The number of sulfonamides is 1. The van der Waals surface area contributed by atoms with E-state index >= 15 is 0 Å². The highest BCUT2D eigenvalue weighted by atomic mass is 35.5. The van der Waals surface area contributed by atoms with Gasteiger partial charge in [0, 0.05) is 17.9 Å². The molecule has 1 aliphatic rings. The van der Waals surface area contributed by atoms with E-state index in [1.807, 2.05) is 0 Å². The molecule has 1 aliphatic carbocycles. The van der Waals surface area contributed by atoms with Crippen LogP contribution in [-0.2, 0) is 14.8 Å². The first-order valence-corrected chi connectivity index (χ1v) is 12.3. The summed E-state index contributed by atoms with van der Waals surface area (Å²) in [6.07, 6.45) is -3.37. The minimum absolute atomic E-state index is 0.0195. The Morgan fingerprint density at radius 1 is 1.29 bits per heavy atom. The Labute approximate surface area is 200 Å². The number of carbonyl (C=O) groups excluding carboxylic acids is 1. The maximum atomic E-state index is 12.4. The monoisotopic (exact) mass is 520 g/mol. The summed E-state index contributed by atoms with van der Waals surface area (Å²) in [5.74, 6) is 0.399. The highest BCUT2D eigenvalue weighted by Crippen LogP contribution is 2.38. The quantitative estimate of drug-likeness (QED) is 0.480. The summed E-state index contributed by atoms with van der Waals surface area (Å²) in [7, 11) is -3.79. The van der Waals surface area contributed by atoms with Crippen molar-refractivity contribution in [3.63, 3.8) is 0 Å². The summed E-state index contributed by atoms with van der Waals surface area (Å²) < 4.78 is 65.2. The summed E-state index contributed by atoms with van der Waals surface area (Å²) in [5.41, 5.74) is 1.41. The third kappa shape index (κ3) is 7.47. The lowest BCUT2D eigenvalue weighted by molar-refractivity contribution is -0.138. The normalized spacial score (nSPS) is 19.5. The molecule has 0 aliphatic heterocycles. The number of hydrogen-bond acceptors (Lipinski definition) is 6. The third-order valence-electron chi connectivity index (χ3n) is 5.34. The van der Waals surface area contributed by atoms with Gasteiger partial charge in [0.25, 0.3) is 0 Å². The molecule has 1 fully saturated rings. The summed E-state index contributed by atoms with van der Waals surface area (Å²) in [6.45, 7) is 1.27. The lowest BCUT2D eigenvalue weighted by atomic mass is 9.99. The Hall–Kier alpha value is -2.57. The highest BCUT2D eigenvalue weighted by molar-refractivity contribution is 7.89. The highest BCUT2D eigenvalue weighted by Gasteiger charge is 2.32. The molecule has 186 valence electrons. The van der Waals surface area contributed by atoms with Crippen LogP contribution in [0.25, 0.3) is 0 Å². The van der Waals surface area contributed by atoms with Crippen molar-refractivity contribution in [1.82, 2.24) is 10.3 Å². The second-order valence-electron chi connectivity index (χ2n) is 8.20. The van der Waals surface area contributed by atoms with Gasteiger partial charge in [-0.05, 0) is 68.0 Å². The maximum absolute atomic E-state index is 12.4. The fourth-order valence-electron chi connectivity index (χ4n) is 3.77. The Morgan fingerprint density at radius 2 is 1.97 bits per heavy atom. The van der Waals surface area contributed by atoms with Gasteiger partial charge in [-0.25, -0.2) is 23.3 Å². The minimum Gasteiger partial charge on any atom is -0.446 e. The van der Waals surface area contributed by atoms with Crippen molar-refractivity contribution < 1.29 is 31.1 Å². The van der Waals surface area contributed by atoms with Crippen molar-refractivity contribution in [2.45, 2.75) is 61.7 Å². The van der Waals surface area contributed by atoms with Gasteiger partial charge in [0.15, 0.2) is 0 Å². The third-order valence-corrected chi connectivity index (χ3v) is 6.56. The lowest BCUT2D eigenvalue weighted by Crippen LogP contribution is -2.37. The van der Waals surface area contributed by atoms with Crippen LogP contribution in [-0.4, -0.2) is 37.8 Å². The number of alkyl carbamates (subject to hydrolysis) is 1. The second-order valence-corrected chi connectivity index (χ2v) is 10.2. The molecule has 3 atom stereocenters. The van der Waals surface area contributed by atoms with Gasteiger partial charge in [0.2, 0.25) is 10.0 Å². The number of nitrogens with two attached hydrogens (primary N) is 1. The van der Waals surface area contributed by atoms with E-state index in [2.05, 4.69) is 15.6 Å². The first-order chi connectivity index (χ1) is 15.8. The minimum atomic E-state index is -4.37. The van der Waals surface area contributed by atoms with Crippen LogP contribution in [0, 0.1) is 0 Å². The van der Waals surface area contributed by atoms with Gasteiger partial charge in [0.05, 0.1) is 16.3 Å². The van der Waals surface area contributed by atoms with E-state index in [-0.39, 0.29) is 10.8 Å². The summed E-state index contributed by atoms with van der Waals surface area (Å²) in [5, 5.41) is 10.6. The predicted octanol–water partition coefficient (Wildman–Crippen LogP) is 4.83. The Balaban J connectivity index is 1.55. The fraction of sp³-hybridized carbons (Fsp3) is 0.429. The number of ether oxygens (including phenoxy) is 1. The number of alkyl halides is 3. The van der Waals surface area contributed by atoms with Gasteiger partial charge in [0.1, 0.15) is 11.9 Å². The predicted molar refractivity (Wildman–Crippen MR) is 120 cm³/mol. The van der Waals surface area contributed by atoms with Crippen molar-refractivity contribution in [3.8, 4) is 0 Å². The Kier molecular flexibility index (Phi) is 7.94. The Bertz CT molecular complexity index is 1130. The summed E-state index contributed by atoms with van der Waals surface area (Å²) in [4.78, 5) is 16.2. The zero-order chi connectivity index (χ0) is 25.1. The number of nitrogens with zero attached hydrogens (tertiary/aromatic N) is 1. The number of carbonyl (C=O) groups is 1. The molecule has 0 unspecified atom stereocenters. The molecule has 0 bridgehead atoms. The number of amides is 1. The largest absolute Gasteiger partial charge is 0.446 e. The van der Waals surface area contributed by atoms with Crippen LogP contribution >= 0.6 is 11.6 Å². The summed E-state index contributed by atoms with van der Waals surface area (Å²) in [6, 6.07) is 6.45. The molecule has 0 radical (unpaired) electrons. The first kappa shape index (κ1) is 26.0. The van der Waals surface area contributed by atoms with Crippen molar-refractivity contribution in [2.75, 3.05) is 5.32 Å². The van der Waals surface area contributed by atoms with E-state index in [4.69, 9.17) is 21.5 Å². The molecular weight excluding hydrogens is 497 g/mol. The number of halogens is 4. The van der Waals surface area contributed by atoms with Crippen LogP contribution in [0.15, 0.2) is 41.4 Å². The van der Waals surface area contributed by atoms with Crippen LogP contribution in [0.4, 0.5) is 29.5 Å². The van der Waals surface area contributed by atoms with Gasteiger partial charge in [-0.2, -0.15) is 13.2 Å². The SMILES string of the molecule is C[C@@H](CC(F)(F)F)NC(=O)O[C@H]1CC[C@@H](c2cnc(Nc3ccc(S(N)(=O)=O)cc3)c(Cl)c2)C1. The van der Waals surface area contributed by atoms with Crippen molar-refractivity contribution >= 4 is 39.2 Å². The molecule has 1 aromatic carbocycles. The van der Waals surface area contributed by atoms with Crippen molar-refractivity contribution in [3.05, 3.63) is 47.1 Å². The maximum Gasteiger partial charge on any atom is 0.407 e. The van der Waals surface area contributed by atoms with Crippen LogP contribution < -0.4 is 15.8 Å². The number of pyridine rings is 1. The molecule has 0 saturated heterocycles. The van der Waals surface area contributed by atoms with Gasteiger partial charge >= 0.3 is 12.3 Å². The van der Waals surface area contributed by atoms with Gasteiger partial charge < -0.3 is 15.4 Å². The molecule has 34 heavy (non-hydrogen) atoms. The van der Waals surface area contributed by atoms with E-state index in [0.29, 0.717) is 35.8 Å². The van der Waals surface area contributed by atoms with E-state index in [0.717, 1.165) is 5.56 Å². The average molecular weight is 521 g/mol. The molecular formula is C21H24ClF3N4O4S. The molecule has 1 amide bonds. The number of benzene rings is 1. The number of hydrogen-bond donors (Lipinski definition) is 3. The van der Waals surface area contributed by atoms with Gasteiger partial charge in [-0.3, -0.25) is 0 Å². The number of nitrogens with one attached hydrogen (secondary N) is 2. The average Bonchev–Trinajstić information content (AvgIpc) is 3.16. The van der Waals surface area contributed by atoms with Crippen LogP contribution in [0.5, 0.6) is 0 Å². The zero-order valence-electron chi connectivity index (χ0n) is 18.1. The van der Waals surface area contributed by atoms with E-state index in [1.165, 1.54) is 31.2 Å². The molecule has 3 rings (SSSR count). The smallest absolute Gasteiger partial charge is 0.407 e. The Morgan fingerprint density at radius 3 is 2.56 bits per heavy atom. The second kappa shape index (κ2) is 10.4. The summed E-state index contributed by atoms with van der Waals surface area (Å²) >= 11 is 6.36. The molecule has 0 spiro atoms. The molecule has 1 saturated carbocycles. The van der Waals surface area contributed by atoms with Crippen molar-refractivity contribution in [1.29, 1.82) is 0 Å². The molecule has 13 heteroatoms. The molecule has 1 aromatic heterocycles. The van der Waals surface area contributed by atoms with E-state index in [9.17, 15) is 26.4 Å². The van der Waals surface area contributed by atoms with E-state index in [1.54, 1.807) is 12.3 Å². The molecule has 4 N–H and O–H groups in total. The van der Waals surface area contributed by atoms with E-state index < -0.39 is 40.9 Å². The standard InChI is InChI=1S/C21H24ClF3N4O4S/c1-12(10-21(23,24)25)28-20(30)33-16-5-2-13(8-16)14-9-18(22)19(27-11-14)29-15-3-6-17(7-4-15)34(26,31)32/h3-4,6-7,9,11-13,16H,2,5,8,10H2,1H3,(H,27,29)(H,28,30)(H2,26,31,32)/t12-,13+,16-/m0/s1. The van der Waals surface area contributed by atoms with Crippen LogP contribution in [0.1, 0.15) is 44.1 Å². The number of anilines is 2. The topological polar surface area (TPSA) is 123 Å². The fourth-order valence-corrected chi connectivity index (χ4v) is 4.50. The van der Waals surface area contributed by atoms with Gasteiger partial charge in [-0.1, -0.05) is 11.6 Å². The number of rotatable bonds is 7. The van der Waals surface area contributed by atoms with Gasteiger partial charge in [-0.15, -0.1) is 0 Å². The first-order valence-electron chi connectivity index (χ1n) is 10.4.